The predicted octanol–water partition coefficient (Wildman–Crippen LogP) is 2.01. The number of rotatable bonds is 3. The molecule has 4 nitrogen and oxygen atoms in total. The Morgan fingerprint density at radius 3 is 2.93 bits per heavy atom. The highest BCUT2D eigenvalue weighted by atomic mass is 32.1. The Kier molecular flexibility index (Phi) is 3.03. The third-order valence-corrected chi connectivity index (χ3v) is 3.08. The van der Waals surface area contributed by atoms with Gasteiger partial charge in [-0.05, 0) is 6.42 Å². The predicted molar refractivity (Wildman–Crippen MR) is 60.4 cm³/mol. The standard InChI is InChI=1S/C10H12N4S/c1-2-7(11)10-14-9(6-15-10)8-5-12-3-4-13-8/h3-7H,2,11H2,1H3. The van der Waals surface area contributed by atoms with Crippen molar-refractivity contribution in [1.82, 2.24) is 15.0 Å². The summed E-state index contributed by atoms with van der Waals surface area (Å²) in [6, 6.07) is 0.0282. The highest BCUT2D eigenvalue weighted by Crippen LogP contribution is 2.23. The number of hydrogen-bond donors (Lipinski definition) is 1. The average molecular weight is 220 g/mol. The van der Waals surface area contributed by atoms with Crippen LogP contribution in [0, 0.1) is 0 Å². The van der Waals surface area contributed by atoms with Crippen molar-refractivity contribution in [3.63, 3.8) is 0 Å². The van der Waals surface area contributed by atoms with Crippen LogP contribution >= 0.6 is 11.3 Å². The first-order chi connectivity index (χ1) is 7.31. The molecule has 0 spiro atoms. The zero-order chi connectivity index (χ0) is 10.7. The van der Waals surface area contributed by atoms with Gasteiger partial charge in [0.15, 0.2) is 0 Å². The van der Waals surface area contributed by atoms with Crippen LogP contribution in [-0.2, 0) is 0 Å². The van der Waals surface area contributed by atoms with E-state index in [-0.39, 0.29) is 6.04 Å². The first-order valence-corrected chi connectivity index (χ1v) is 5.66. The Morgan fingerprint density at radius 2 is 2.27 bits per heavy atom. The zero-order valence-corrected chi connectivity index (χ0v) is 9.24. The summed E-state index contributed by atoms with van der Waals surface area (Å²) >= 11 is 1.57. The number of hydrogen-bond acceptors (Lipinski definition) is 5. The lowest BCUT2D eigenvalue weighted by atomic mass is 10.2. The van der Waals surface area contributed by atoms with Crippen molar-refractivity contribution in [2.45, 2.75) is 19.4 Å². The van der Waals surface area contributed by atoms with Gasteiger partial charge in [-0.1, -0.05) is 6.92 Å². The van der Waals surface area contributed by atoms with Gasteiger partial charge >= 0.3 is 0 Å². The first kappa shape index (κ1) is 10.2. The third-order valence-electron chi connectivity index (χ3n) is 2.10. The lowest BCUT2D eigenvalue weighted by molar-refractivity contribution is 0.693. The lowest BCUT2D eigenvalue weighted by Crippen LogP contribution is -2.07. The van der Waals surface area contributed by atoms with Gasteiger partial charge in [0.2, 0.25) is 0 Å². The molecule has 2 rings (SSSR count). The molecule has 0 aromatic carbocycles. The molecule has 2 aromatic heterocycles. The number of nitrogens with two attached hydrogens (primary N) is 1. The van der Waals surface area contributed by atoms with E-state index in [1.165, 1.54) is 0 Å². The lowest BCUT2D eigenvalue weighted by Gasteiger charge is -2.02. The van der Waals surface area contributed by atoms with Crippen molar-refractivity contribution in [2.75, 3.05) is 0 Å². The number of thiazole rings is 1. The molecule has 1 unspecified atom stereocenters. The quantitative estimate of drug-likeness (QED) is 0.859. The van der Waals surface area contributed by atoms with E-state index < -0.39 is 0 Å². The molecule has 0 aliphatic heterocycles. The molecule has 78 valence electrons. The highest BCUT2D eigenvalue weighted by molar-refractivity contribution is 7.10. The fourth-order valence-corrected chi connectivity index (χ4v) is 2.08. The Labute approximate surface area is 92.2 Å². The molecule has 0 amide bonds. The summed E-state index contributed by atoms with van der Waals surface area (Å²) in [4.78, 5) is 12.6. The van der Waals surface area contributed by atoms with Crippen LogP contribution in [0.25, 0.3) is 11.4 Å². The van der Waals surface area contributed by atoms with E-state index in [1.807, 2.05) is 12.3 Å². The van der Waals surface area contributed by atoms with E-state index in [0.717, 1.165) is 22.8 Å². The Bertz CT molecular complexity index is 426. The van der Waals surface area contributed by atoms with Crippen LogP contribution in [0.2, 0.25) is 0 Å². The van der Waals surface area contributed by atoms with Crippen molar-refractivity contribution < 1.29 is 0 Å². The average Bonchev–Trinajstić information content (AvgIpc) is 2.78. The molecule has 0 aliphatic rings. The topological polar surface area (TPSA) is 64.7 Å². The Balaban J connectivity index is 2.28. The minimum absolute atomic E-state index is 0.0282. The Hall–Kier alpha value is -1.33. The molecule has 2 N–H and O–H groups in total. The van der Waals surface area contributed by atoms with Crippen LogP contribution in [0.5, 0.6) is 0 Å². The van der Waals surface area contributed by atoms with Crippen LogP contribution < -0.4 is 5.73 Å². The van der Waals surface area contributed by atoms with Gasteiger partial charge in [0.1, 0.15) is 16.4 Å². The van der Waals surface area contributed by atoms with Gasteiger partial charge in [0.05, 0.1) is 12.2 Å². The van der Waals surface area contributed by atoms with E-state index in [4.69, 9.17) is 5.73 Å². The van der Waals surface area contributed by atoms with Crippen LogP contribution in [0.1, 0.15) is 24.4 Å². The maximum atomic E-state index is 5.90. The summed E-state index contributed by atoms with van der Waals surface area (Å²) in [6.45, 7) is 2.05. The summed E-state index contributed by atoms with van der Waals surface area (Å²) in [6.07, 6.45) is 5.91. The van der Waals surface area contributed by atoms with Gasteiger partial charge in [-0.2, -0.15) is 0 Å². The van der Waals surface area contributed by atoms with E-state index >= 15 is 0 Å². The zero-order valence-electron chi connectivity index (χ0n) is 8.42. The van der Waals surface area contributed by atoms with Crippen molar-refractivity contribution >= 4 is 11.3 Å². The van der Waals surface area contributed by atoms with Crippen LogP contribution in [0.3, 0.4) is 0 Å². The smallest absolute Gasteiger partial charge is 0.110 e. The molecule has 0 bridgehead atoms. The molecule has 2 heterocycles. The van der Waals surface area contributed by atoms with Gasteiger partial charge in [0.25, 0.3) is 0 Å². The molecule has 0 fully saturated rings. The second kappa shape index (κ2) is 4.46. The summed E-state index contributed by atoms with van der Waals surface area (Å²) in [5.41, 5.74) is 7.55. The normalized spacial score (nSPS) is 12.7. The molecule has 15 heavy (non-hydrogen) atoms. The molecule has 0 saturated heterocycles. The van der Waals surface area contributed by atoms with Crippen LogP contribution in [0.4, 0.5) is 0 Å². The van der Waals surface area contributed by atoms with E-state index in [1.54, 1.807) is 29.9 Å². The largest absolute Gasteiger partial charge is 0.322 e. The molecule has 1 atom stereocenters. The van der Waals surface area contributed by atoms with Crippen molar-refractivity contribution in [3.8, 4) is 11.4 Å². The maximum absolute atomic E-state index is 5.90. The highest BCUT2D eigenvalue weighted by Gasteiger charge is 2.10. The van der Waals surface area contributed by atoms with Crippen LogP contribution in [-0.4, -0.2) is 15.0 Å². The fourth-order valence-electron chi connectivity index (χ4n) is 1.18. The van der Waals surface area contributed by atoms with Gasteiger partial charge in [-0.15, -0.1) is 11.3 Å². The molecular formula is C10H12N4S. The van der Waals surface area contributed by atoms with Gasteiger partial charge < -0.3 is 5.73 Å². The van der Waals surface area contributed by atoms with Crippen molar-refractivity contribution in [2.24, 2.45) is 5.73 Å². The summed E-state index contributed by atoms with van der Waals surface area (Å²) in [7, 11) is 0. The minimum atomic E-state index is 0.0282. The Morgan fingerprint density at radius 1 is 1.40 bits per heavy atom. The summed E-state index contributed by atoms with van der Waals surface area (Å²) < 4.78 is 0. The SMILES string of the molecule is CCC(N)c1nc(-c2cnccn2)cs1. The fraction of sp³-hybridized carbons (Fsp3) is 0.300. The molecule has 0 aliphatic carbocycles. The summed E-state index contributed by atoms with van der Waals surface area (Å²) in [5.74, 6) is 0. The minimum Gasteiger partial charge on any atom is -0.322 e. The molecule has 0 radical (unpaired) electrons. The maximum Gasteiger partial charge on any atom is 0.110 e. The van der Waals surface area contributed by atoms with E-state index in [2.05, 4.69) is 15.0 Å². The molecular weight excluding hydrogens is 208 g/mol. The van der Waals surface area contributed by atoms with Crippen molar-refractivity contribution in [3.05, 3.63) is 29.0 Å². The third kappa shape index (κ3) is 2.19. The van der Waals surface area contributed by atoms with Crippen molar-refractivity contribution in [1.29, 1.82) is 0 Å². The second-order valence-electron chi connectivity index (χ2n) is 3.18. The molecule has 0 saturated carbocycles. The van der Waals surface area contributed by atoms with Gasteiger partial charge in [-0.3, -0.25) is 9.97 Å². The number of aromatic nitrogens is 3. The molecule has 2 aromatic rings. The van der Waals surface area contributed by atoms with E-state index in [0.29, 0.717) is 0 Å². The summed E-state index contributed by atoms with van der Waals surface area (Å²) in [5, 5.41) is 2.92. The number of nitrogens with zero attached hydrogens (tertiary/aromatic N) is 3. The van der Waals surface area contributed by atoms with Gasteiger partial charge in [-0.25, -0.2) is 4.98 Å². The van der Waals surface area contributed by atoms with E-state index in [9.17, 15) is 0 Å². The monoisotopic (exact) mass is 220 g/mol. The van der Waals surface area contributed by atoms with Crippen LogP contribution in [0.15, 0.2) is 24.0 Å². The second-order valence-corrected chi connectivity index (χ2v) is 4.07. The first-order valence-electron chi connectivity index (χ1n) is 4.78. The molecule has 5 heteroatoms. The van der Waals surface area contributed by atoms with Gasteiger partial charge in [0, 0.05) is 17.8 Å².